The first-order valence-corrected chi connectivity index (χ1v) is 11.2. The highest BCUT2D eigenvalue weighted by atomic mass is 32.2. The highest BCUT2D eigenvalue weighted by Gasteiger charge is 2.30. The van der Waals surface area contributed by atoms with E-state index in [-0.39, 0.29) is 10.8 Å². The Hall–Kier alpha value is -1.52. The summed E-state index contributed by atoms with van der Waals surface area (Å²) in [4.78, 5) is 4.70. The number of hydrogen-bond acceptors (Lipinski definition) is 4. The van der Waals surface area contributed by atoms with Crippen molar-refractivity contribution < 1.29 is 5.11 Å². The van der Waals surface area contributed by atoms with Gasteiger partial charge >= 0.3 is 0 Å². The Kier molecular flexibility index (Phi) is 5.60. The van der Waals surface area contributed by atoms with Crippen LogP contribution in [0, 0.1) is 12.3 Å². The van der Waals surface area contributed by atoms with Crippen molar-refractivity contribution in [3.63, 3.8) is 0 Å². The summed E-state index contributed by atoms with van der Waals surface area (Å²) < 4.78 is 2.26. The first-order valence-electron chi connectivity index (χ1n) is 9.36. The molecule has 3 rings (SSSR count). The zero-order chi connectivity index (χ0) is 19.8. The van der Waals surface area contributed by atoms with Gasteiger partial charge in [0.25, 0.3) is 0 Å². The molecular weight excluding hydrogens is 370 g/mol. The lowest BCUT2D eigenvalue weighted by Gasteiger charge is -2.34. The lowest BCUT2D eigenvalue weighted by Crippen LogP contribution is -2.25. The summed E-state index contributed by atoms with van der Waals surface area (Å²) in [7, 11) is 0. The molecule has 2 aromatic carbocycles. The van der Waals surface area contributed by atoms with Crippen molar-refractivity contribution in [2.24, 2.45) is 5.41 Å². The van der Waals surface area contributed by atoms with Crippen LogP contribution in [0.1, 0.15) is 57.7 Å². The van der Waals surface area contributed by atoms with E-state index in [2.05, 4.69) is 59.7 Å². The zero-order valence-corrected chi connectivity index (χ0v) is 18.7. The number of aromatic hydroxyl groups is 1. The lowest BCUT2D eigenvalue weighted by molar-refractivity contribution is 0.278. The van der Waals surface area contributed by atoms with Crippen LogP contribution in [0.3, 0.4) is 0 Å². The van der Waals surface area contributed by atoms with Crippen LogP contribution in [-0.2, 0) is 11.2 Å². The predicted octanol–water partition coefficient (Wildman–Crippen LogP) is 7.32. The maximum Gasteiger partial charge on any atom is 0.151 e. The van der Waals surface area contributed by atoms with Crippen LogP contribution >= 0.6 is 23.1 Å². The van der Waals surface area contributed by atoms with Crippen molar-refractivity contribution in [2.75, 3.05) is 0 Å². The number of aromatic nitrogens is 1. The molecule has 0 bridgehead atoms. The lowest BCUT2D eigenvalue weighted by atomic mass is 9.71. The van der Waals surface area contributed by atoms with Crippen molar-refractivity contribution in [2.45, 2.75) is 63.5 Å². The SMILES string of the molecule is Cc1cc(CSc2nc3ccccc3s2)c(O)c(C(C)(C)CC(C)(C)C)c1. The van der Waals surface area contributed by atoms with Gasteiger partial charge in [-0.3, -0.25) is 0 Å². The van der Waals surface area contributed by atoms with Gasteiger partial charge in [-0.15, -0.1) is 11.3 Å². The van der Waals surface area contributed by atoms with E-state index in [1.54, 1.807) is 23.1 Å². The molecule has 0 saturated heterocycles. The van der Waals surface area contributed by atoms with Gasteiger partial charge in [-0.05, 0) is 36.3 Å². The predicted molar refractivity (Wildman–Crippen MR) is 119 cm³/mol. The van der Waals surface area contributed by atoms with Crippen LogP contribution in [0.2, 0.25) is 0 Å². The quantitative estimate of drug-likeness (QED) is 0.456. The zero-order valence-electron chi connectivity index (χ0n) is 17.1. The Morgan fingerprint density at radius 2 is 1.78 bits per heavy atom. The molecule has 4 heteroatoms. The monoisotopic (exact) mass is 399 g/mol. The number of hydrogen-bond donors (Lipinski definition) is 1. The number of benzene rings is 2. The molecule has 0 amide bonds. The van der Waals surface area contributed by atoms with E-state index in [1.807, 2.05) is 18.2 Å². The maximum absolute atomic E-state index is 11.0. The molecule has 0 spiro atoms. The molecule has 0 aliphatic heterocycles. The second-order valence-electron chi connectivity index (χ2n) is 9.18. The standard InChI is InChI=1S/C23H29NOS2/c1-15-11-16(13-26-21-24-18-9-7-8-10-19(18)27-21)20(25)17(12-15)23(5,6)14-22(2,3)4/h7-12,25H,13-14H2,1-6H3. The fourth-order valence-electron chi connectivity index (χ4n) is 3.95. The van der Waals surface area contributed by atoms with Crippen molar-refractivity contribution >= 4 is 33.3 Å². The van der Waals surface area contributed by atoms with Gasteiger partial charge < -0.3 is 5.11 Å². The number of para-hydroxylation sites is 1. The first-order chi connectivity index (χ1) is 12.5. The average Bonchev–Trinajstić information content (AvgIpc) is 2.95. The summed E-state index contributed by atoms with van der Waals surface area (Å²) in [6, 6.07) is 12.5. The minimum atomic E-state index is -0.0797. The van der Waals surface area contributed by atoms with Gasteiger partial charge in [0.2, 0.25) is 0 Å². The Bertz CT molecular complexity index is 918. The van der Waals surface area contributed by atoms with Gasteiger partial charge in [-0.2, -0.15) is 0 Å². The summed E-state index contributed by atoms with van der Waals surface area (Å²) in [5.41, 5.74) is 4.42. The normalized spacial score (nSPS) is 12.7. The molecule has 1 N–H and O–H groups in total. The van der Waals surface area contributed by atoms with Crippen molar-refractivity contribution in [3.05, 3.63) is 53.1 Å². The van der Waals surface area contributed by atoms with Crippen LogP contribution < -0.4 is 0 Å². The molecule has 0 atom stereocenters. The second-order valence-corrected chi connectivity index (χ2v) is 11.4. The Labute approximate surface area is 171 Å². The first kappa shape index (κ1) is 20.2. The molecule has 0 unspecified atom stereocenters. The van der Waals surface area contributed by atoms with Gasteiger partial charge in [0.15, 0.2) is 4.34 Å². The molecule has 0 saturated carbocycles. The maximum atomic E-state index is 11.0. The third kappa shape index (κ3) is 4.85. The second kappa shape index (κ2) is 7.48. The van der Waals surface area contributed by atoms with Crippen molar-refractivity contribution in [1.82, 2.24) is 4.98 Å². The molecule has 1 heterocycles. The highest BCUT2D eigenvalue weighted by molar-refractivity contribution is 8.00. The minimum absolute atomic E-state index is 0.0797. The van der Waals surface area contributed by atoms with E-state index in [0.29, 0.717) is 5.75 Å². The van der Waals surface area contributed by atoms with E-state index in [9.17, 15) is 5.11 Å². The highest BCUT2D eigenvalue weighted by Crippen LogP contribution is 2.43. The van der Waals surface area contributed by atoms with Gasteiger partial charge in [0.1, 0.15) is 5.75 Å². The smallest absolute Gasteiger partial charge is 0.151 e. The number of thiazole rings is 1. The Morgan fingerprint density at radius 1 is 1.07 bits per heavy atom. The molecule has 0 radical (unpaired) electrons. The molecule has 1 aromatic heterocycles. The molecule has 0 fully saturated rings. The molecule has 3 aromatic rings. The number of aryl methyl sites for hydroxylation is 1. The van der Waals surface area contributed by atoms with Crippen LogP contribution in [0.4, 0.5) is 0 Å². The van der Waals surface area contributed by atoms with Gasteiger partial charge in [-0.25, -0.2) is 4.98 Å². The number of thioether (sulfide) groups is 1. The van der Waals surface area contributed by atoms with E-state index in [4.69, 9.17) is 4.98 Å². The fraction of sp³-hybridized carbons (Fsp3) is 0.435. The number of rotatable bonds is 5. The third-order valence-electron chi connectivity index (χ3n) is 4.66. The number of phenolic OH excluding ortho intramolecular Hbond substituents is 1. The summed E-state index contributed by atoms with van der Waals surface area (Å²) in [6.07, 6.45) is 1.02. The number of fused-ring (bicyclic) bond motifs is 1. The Morgan fingerprint density at radius 3 is 2.44 bits per heavy atom. The number of phenols is 1. The Balaban J connectivity index is 1.86. The van der Waals surface area contributed by atoms with Crippen molar-refractivity contribution in [3.8, 4) is 5.75 Å². The number of nitrogens with zero attached hydrogens (tertiary/aromatic N) is 1. The molecule has 2 nitrogen and oxygen atoms in total. The van der Waals surface area contributed by atoms with Gasteiger partial charge in [-0.1, -0.05) is 76.2 Å². The van der Waals surface area contributed by atoms with Crippen molar-refractivity contribution in [1.29, 1.82) is 0 Å². The fourth-order valence-corrected chi connectivity index (χ4v) is 5.99. The van der Waals surface area contributed by atoms with Crippen LogP contribution in [0.15, 0.2) is 40.7 Å². The van der Waals surface area contributed by atoms with Gasteiger partial charge in [0, 0.05) is 16.9 Å². The summed E-state index contributed by atoms with van der Waals surface area (Å²) in [5.74, 6) is 1.18. The molecular formula is C23H29NOS2. The summed E-state index contributed by atoms with van der Waals surface area (Å²) >= 11 is 3.42. The van der Waals surface area contributed by atoms with E-state index >= 15 is 0 Å². The molecule has 27 heavy (non-hydrogen) atoms. The summed E-state index contributed by atoms with van der Waals surface area (Å²) in [5, 5.41) is 11.0. The molecule has 0 aliphatic carbocycles. The van der Waals surface area contributed by atoms with Gasteiger partial charge in [0.05, 0.1) is 10.2 Å². The third-order valence-corrected chi connectivity index (χ3v) is 6.89. The van der Waals surface area contributed by atoms with Crippen LogP contribution in [-0.4, -0.2) is 10.1 Å². The van der Waals surface area contributed by atoms with Crippen LogP contribution in [0.5, 0.6) is 5.75 Å². The average molecular weight is 400 g/mol. The summed E-state index contributed by atoms with van der Waals surface area (Å²) in [6.45, 7) is 13.3. The minimum Gasteiger partial charge on any atom is -0.507 e. The molecule has 144 valence electrons. The molecule has 0 aliphatic rings. The largest absolute Gasteiger partial charge is 0.507 e. The van der Waals surface area contributed by atoms with E-state index in [0.717, 1.165) is 33.2 Å². The van der Waals surface area contributed by atoms with E-state index in [1.165, 1.54) is 10.3 Å². The topological polar surface area (TPSA) is 33.1 Å². The van der Waals surface area contributed by atoms with Crippen LogP contribution in [0.25, 0.3) is 10.2 Å². The van der Waals surface area contributed by atoms with E-state index < -0.39 is 0 Å².